The van der Waals surface area contributed by atoms with E-state index in [9.17, 15) is 9.59 Å². The molecule has 2 N–H and O–H groups in total. The highest BCUT2D eigenvalue weighted by atomic mass is 16.6. The number of amides is 2. The van der Waals surface area contributed by atoms with Crippen molar-refractivity contribution >= 4 is 12.0 Å². The monoisotopic (exact) mass is 354 g/mol. The lowest BCUT2D eigenvalue weighted by Crippen LogP contribution is -2.49. The number of nitrogens with one attached hydrogen (secondary N) is 2. The van der Waals surface area contributed by atoms with Crippen molar-refractivity contribution in [1.29, 1.82) is 0 Å². The summed E-state index contributed by atoms with van der Waals surface area (Å²) in [5, 5.41) is 5.51. The van der Waals surface area contributed by atoms with Crippen molar-refractivity contribution in [2.75, 3.05) is 0 Å². The van der Waals surface area contributed by atoms with Crippen molar-refractivity contribution < 1.29 is 14.3 Å². The van der Waals surface area contributed by atoms with Crippen LogP contribution in [-0.4, -0.2) is 23.6 Å². The summed E-state index contributed by atoms with van der Waals surface area (Å²) in [5.41, 5.74) is 1.32. The molecular weight excluding hydrogens is 328 g/mol. The standard InChI is InChI=1S/C21H26N2O3/c1-21(2,3)26-19(24)18(14-16-10-6-4-7-11-16)23-20(25)22-15-17-12-8-5-9-13-17/h4-13,18H,14-15H2,1-3H3,(H2,22,23,25)/t18-/m0/s1. The van der Waals surface area contributed by atoms with Gasteiger partial charge in [-0.15, -0.1) is 0 Å². The predicted molar refractivity (Wildman–Crippen MR) is 102 cm³/mol. The second-order valence-corrected chi connectivity index (χ2v) is 7.09. The van der Waals surface area contributed by atoms with Crippen LogP contribution in [0.2, 0.25) is 0 Å². The number of benzene rings is 2. The van der Waals surface area contributed by atoms with Gasteiger partial charge in [0, 0.05) is 13.0 Å². The number of hydrogen-bond acceptors (Lipinski definition) is 3. The molecule has 26 heavy (non-hydrogen) atoms. The van der Waals surface area contributed by atoms with Crippen LogP contribution in [0.25, 0.3) is 0 Å². The molecular formula is C21H26N2O3. The summed E-state index contributed by atoms with van der Waals surface area (Å²) in [6.07, 6.45) is 0.370. The molecule has 1 atom stereocenters. The molecule has 0 aliphatic heterocycles. The van der Waals surface area contributed by atoms with Crippen molar-refractivity contribution in [3.8, 4) is 0 Å². The maximum atomic E-state index is 12.5. The van der Waals surface area contributed by atoms with E-state index >= 15 is 0 Å². The van der Waals surface area contributed by atoms with Gasteiger partial charge < -0.3 is 15.4 Å². The molecule has 5 nitrogen and oxygen atoms in total. The third-order valence-corrected chi connectivity index (χ3v) is 3.58. The highest BCUT2D eigenvalue weighted by Gasteiger charge is 2.26. The lowest BCUT2D eigenvalue weighted by Gasteiger charge is -2.24. The summed E-state index contributed by atoms with van der Waals surface area (Å²) in [5.74, 6) is -0.448. The summed E-state index contributed by atoms with van der Waals surface area (Å²) in [6, 6.07) is 18.0. The summed E-state index contributed by atoms with van der Waals surface area (Å²) in [4.78, 5) is 24.8. The molecule has 0 spiro atoms. The zero-order valence-electron chi connectivity index (χ0n) is 15.5. The molecule has 2 amide bonds. The van der Waals surface area contributed by atoms with Crippen molar-refractivity contribution in [2.24, 2.45) is 0 Å². The Labute approximate surface area is 154 Å². The van der Waals surface area contributed by atoms with Crippen LogP contribution in [0.3, 0.4) is 0 Å². The fourth-order valence-corrected chi connectivity index (χ4v) is 2.40. The SMILES string of the molecule is CC(C)(C)OC(=O)[C@H](Cc1ccccc1)NC(=O)NCc1ccccc1. The molecule has 0 heterocycles. The van der Waals surface area contributed by atoms with E-state index in [1.54, 1.807) is 20.8 Å². The molecule has 0 saturated carbocycles. The van der Waals surface area contributed by atoms with Crippen LogP contribution < -0.4 is 10.6 Å². The first-order valence-corrected chi connectivity index (χ1v) is 8.68. The Morgan fingerprint density at radius 2 is 1.46 bits per heavy atom. The number of carbonyl (C=O) groups is 2. The van der Waals surface area contributed by atoms with Crippen molar-refractivity contribution in [3.63, 3.8) is 0 Å². The van der Waals surface area contributed by atoms with Crippen molar-refractivity contribution in [1.82, 2.24) is 10.6 Å². The topological polar surface area (TPSA) is 67.4 Å². The minimum atomic E-state index is -0.757. The van der Waals surface area contributed by atoms with Gasteiger partial charge in [0.05, 0.1) is 0 Å². The number of ether oxygens (including phenoxy) is 1. The second kappa shape index (κ2) is 9.04. The average Bonchev–Trinajstić information content (AvgIpc) is 2.60. The van der Waals surface area contributed by atoms with Gasteiger partial charge in [0.25, 0.3) is 0 Å². The maximum Gasteiger partial charge on any atom is 0.329 e. The fourth-order valence-electron chi connectivity index (χ4n) is 2.40. The number of rotatable bonds is 6. The van der Waals surface area contributed by atoms with Crippen molar-refractivity contribution in [2.45, 2.75) is 45.4 Å². The molecule has 2 aromatic carbocycles. The van der Waals surface area contributed by atoms with Crippen LogP contribution in [0.5, 0.6) is 0 Å². The molecule has 0 saturated heterocycles. The maximum absolute atomic E-state index is 12.5. The van der Waals surface area contributed by atoms with Gasteiger partial charge in [0.15, 0.2) is 0 Å². The third kappa shape index (κ3) is 6.97. The first kappa shape index (κ1) is 19.5. The number of carbonyl (C=O) groups excluding carboxylic acids is 2. The molecule has 5 heteroatoms. The molecule has 2 rings (SSSR count). The van der Waals surface area contributed by atoms with E-state index in [4.69, 9.17) is 4.74 Å². The van der Waals surface area contributed by atoms with Gasteiger partial charge in [-0.1, -0.05) is 60.7 Å². The number of hydrogen-bond donors (Lipinski definition) is 2. The number of esters is 1. The quantitative estimate of drug-likeness (QED) is 0.781. The Hall–Kier alpha value is -2.82. The Bertz CT molecular complexity index is 709. The van der Waals surface area contributed by atoms with Gasteiger partial charge in [0.1, 0.15) is 11.6 Å². The van der Waals surface area contributed by atoms with Gasteiger partial charge in [-0.25, -0.2) is 9.59 Å². The van der Waals surface area contributed by atoms with Crippen molar-refractivity contribution in [3.05, 3.63) is 71.8 Å². The molecule has 0 fully saturated rings. The molecule has 0 aliphatic carbocycles. The average molecular weight is 354 g/mol. The molecule has 138 valence electrons. The van der Waals surface area contributed by atoms with Gasteiger partial charge in [-0.05, 0) is 31.9 Å². The second-order valence-electron chi connectivity index (χ2n) is 7.09. The lowest BCUT2D eigenvalue weighted by molar-refractivity contribution is -0.157. The van der Waals surface area contributed by atoms with Crippen LogP contribution >= 0.6 is 0 Å². The van der Waals surface area contributed by atoms with Gasteiger partial charge >= 0.3 is 12.0 Å². The van der Waals surface area contributed by atoms with E-state index in [2.05, 4.69) is 10.6 Å². The molecule has 0 bridgehead atoms. The Kier molecular flexibility index (Phi) is 6.78. The third-order valence-electron chi connectivity index (χ3n) is 3.58. The van der Waals surface area contributed by atoms with Gasteiger partial charge in [0.2, 0.25) is 0 Å². The molecule has 0 unspecified atom stereocenters. The first-order valence-electron chi connectivity index (χ1n) is 8.68. The van der Waals surface area contributed by atoms with Crippen LogP contribution in [-0.2, 0) is 22.5 Å². The van der Waals surface area contributed by atoms with Gasteiger partial charge in [-0.2, -0.15) is 0 Å². The van der Waals surface area contributed by atoms with Crippen LogP contribution in [0.4, 0.5) is 4.79 Å². The zero-order chi connectivity index (χ0) is 19.0. The smallest absolute Gasteiger partial charge is 0.329 e. The van der Waals surface area contributed by atoms with E-state index in [0.717, 1.165) is 11.1 Å². The molecule has 0 radical (unpaired) electrons. The van der Waals surface area contributed by atoms with E-state index in [1.165, 1.54) is 0 Å². The lowest BCUT2D eigenvalue weighted by atomic mass is 10.1. The normalized spacial score (nSPS) is 12.1. The highest BCUT2D eigenvalue weighted by Crippen LogP contribution is 2.11. The largest absolute Gasteiger partial charge is 0.458 e. The Morgan fingerprint density at radius 3 is 2.00 bits per heavy atom. The molecule has 0 aliphatic rings. The fraction of sp³-hybridized carbons (Fsp3) is 0.333. The van der Waals surface area contributed by atoms with Crippen LogP contribution in [0.15, 0.2) is 60.7 Å². The summed E-state index contributed by atoms with van der Waals surface area (Å²) in [6.45, 7) is 5.80. The zero-order valence-corrected chi connectivity index (χ0v) is 15.5. The van der Waals surface area contributed by atoms with E-state index < -0.39 is 23.6 Å². The summed E-state index contributed by atoms with van der Waals surface area (Å²) >= 11 is 0. The minimum absolute atomic E-state index is 0.370. The first-order chi connectivity index (χ1) is 12.3. The molecule has 2 aromatic rings. The Balaban J connectivity index is 2.00. The van der Waals surface area contributed by atoms with E-state index in [0.29, 0.717) is 13.0 Å². The summed E-state index contributed by atoms with van der Waals surface area (Å²) in [7, 11) is 0. The van der Waals surface area contributed by atoms with Crippen LogP contribution in [0.1, 0.15) is 31.9 Å². The molecule has 0 aromatic heterocycles. The number of urea groups is 1. The van der Waals surface area contributed by atoms with Gasteiger partial charge in [-0.3, -0.25) is 0 Å². The minimum Gasteiger partial charge on any atom is -0.458 e. The Morgan fingerprint density at radius 1 is 0.923 bits per heavy atom. The summed E-state index contributed by atoms with van der Waals surface area (Å²) < 4.78 is 5.45. The highest BCUT2D eigenvalue weighted by molar-refractivity contribution is 5.84. The van der Waals surface area contributed by atoms with E-state index in [1.807, 2.05) is 60.7 Å². The predicted octanol–water partition coefficient (Wildman–Crippen LogP) is 3.44. The van der Waals surface area contributed by atoms with E-state index in [-0.39, 0.29) is 0 Å². The van der Waals surface area contributed by atoms with Crippen LogP contribution in [0, 0.1) is 0 Å².